The smallest absolute Gasteiger partial charge is 0.105 e. The molecule has 1 heterocycles. The van der Waals surface area contributed by atoms with Gasteiger partial charge in [0.1, 0.15) is 11.5 Å². The molecule has 0 saturated carbocycles. The fourth-order valence-corrected chi connectivity index (χ4v) is 2.64. The third-order valence-electron chi connectivity index (χ3n) is 3.89. The number of aryl methyl sites for hydroxylation is 2. The zero-order valence-electron chi connectivity index (χ0n) is 13.2. The molecule has 2 aromatic rings. The van der Waals surface area contributed by atoms with Gasteiger partial charge in [-0.05, 0) is 50.4 Å². The number of nitrogens with one attached hydrogen (secondary N) is 1. The molecule has 0 aliphatic heterocycles. The van der Waals surface area contributed by atoms with Crippen LogP contribution in [0.15, 0.2) is 34.7 Å². The van der Waals surface area contributed by atoms with Crippen molar-refractivity contribution in [2.24, 2.45) is 0 Å². The van der Waals surface area contributed by atoms with E-state index >= 15 is 0 Å². The first kappa shape index (κ1) is 14.9. The van der Waals surface area contributed by atoms with Gasteiger partial charge in [-0.25, -0.2) is 0 Å². The molecule has 0 aliphatic rings. The van der Waals surface area contributed by atoms with Crippen molar-refractivity contribution < 1.29 is 4.42 Å². The van der Waals surface area contributed by atoms with Gasteiger partial charge in [0.25, 0.3) is 0 Å². The zero-order chi connectivity index (χ0) is 14.7. The average molecular weight is 271 g/mol. The van der Waals surface area contributed by atoms with Gasteiger partial charge in [0, 0.05) is 11.6 Å². The number of hydrogen-bond donors (Lipinski definition) is 1. The first-order valence-corrected chi connectivity index (χ1v) is 7.34. The van der Waals surface area contributed by atoms with E-state index < -0.39 is 0 Å². The molecule has 1 unspecified atom stereocenters. The van der Waals surface area contributed by atoms with Gasteiger partial charge in [0.05, 0.1) is 0 Å². The highest BCUT2D eigenvalue weighted by molar-refractivity contribution is 5.29. The van der Waals surface area contributed by atoms with Gasteiger partial charge in [-0.1, -0.05) is 38.1 Å². The highest BCUT2D eigenvalue weighted by Gasteiger charge is 2.16. The molecular formula is C18H25NO. The molecule has 0 fully saturated rings. The van der Waals surface area contributed by atoms with E-state index in [0.29, 0.717) is 12.0 Å². The van der Waals surface area contributed by atoms with E-state index in [0.717, 1.165) is 17.9 Å². The minimum atomic E-state index is 0.303. The Morgan fingerprint density at radius 1 is 1.10 bits per heavy atom. The van der Waals surface area contributed by atoms with E-state index in [1.165, 1.54) is 16.7 Å². The summed E-state index contributed by atoms with van der Waals surface area (Å²) in [4.78, 5) is 0. The van der Waals surface area contributed by atoms with Crippen molar-refractivity contribution in [1.82, 2.24) is 5.32 Å². The zero-order valence-corrected chi connectivity index (χ0v) is 13.2. The van der Waals surface area contributed by atoms with E-state index in [-0.39, 0.29) is 0 Å². The van der Waals surface area contributed by atoms with Gasteiger partial charge in [0.15, 0.2) is 0 Å². The van der Waals surface area contributed by atoms with Crippen LogP contribution in [0, 0.1) is 13.8 Å². The van der Waals surface area contributed by atoms with Crippen molar-refractivity contribution in [3.05, 3.63) is 58.5 Å². The van der Waals surface area contributed by atoms with Gasteiger partial charge in [-0.2, -0.15) is 0 Å². The molecule has 0 bridgehead atoms. The topological polar surface area (TPSA) is 25.2 Å². The molecular weight excluding hydrogens is 246 g/mol. The fourth-order valence-electron chi connectivity index (χ4n) is 2.64. The molecule has 108 valence electrons. The maximum absolute atomic E-state index is 5.65. The van der Waals surface area contributed by atoms with Gasteiger partial charge in [-0.15, -0.1) is 0 Å². The molecule has 2 rings (SSSR count). The van der Waals surface area contributed by atoms with Crippen molar-refractivity contribution in [2.75, 3.05) is 7.05 Å². The lowest BCUT2D eigenvalue weighted by Gasteiger charge is -2.16. The lowest BCUT2D eigenvalue weighted by Crippen LogP contribution is -2.19. The van der Waals surface area contributed by atoms with Crippen LogP contribution < -0.4 is 5.32 Å². The monoisotopic (exact) mass is 271 g/mol. The summed E-state index contributed by atoms with van der Waals surface area (Å²) in [6.07, 6.45) is 0.981. The van der Waals surface area contributed by atoms with Crippen LogP contribution >= 0.6 is 0 Å². The standard InChI is InChI=1S/C18H25NO/c1-12(2)16-8-6-15(7-9-16)11-18(19-5)17-10-13(3)20-14(17)4/h6-10,12,18-19H,11H2,1-5H3. The number of benzene rings is 1. The van der Waals surface area contributed by atoms with E-state index in [1.54, 1.807) is 0 Å². The second kappa shape index (κ2) is 6.27. The van der Waals surface area contributed by atoms with Gasteiger partial charge in [0.2, 0.25) is 0 Å². The Morgan fingerprint density at radius 3 is 2.20 bits per heavy atom. The second-order valence-electron chi connectivity index (χ2n) is 5.81. The van der Waals surface area contributed by atoms with Crippen molar-refractivity contribution in [3.8, 4) is 0 Å². The van der Waals surface area contributed by atoms with Crippen LogP contribution in [0.5, 0.6) is 0 Å². The van der Waals surface area contributed by atoms with Gasteiger partial charge in [-0.3, -0.25) is 0 Å². The third-order valence-corrected chi connectivity index (χ3v) is 3.89. The second-order valence-corrected chi connectivity index (χ2v) is 5.81. The molecule has 20 heavy (non-hydrogen) atoms. The van der Waals surface area contributed by atoms with Gasteiger partial charge >= 0.3 is 0 Å². The third kappa shape index (κ3) is 3.31. The van der Waals surface area contributed by atoms with E-state index in [2.05, 4.69) is 49.5 Å². The largest absolute Gasteiger partial charge is 0.466 e. The van der Waals surface area contributed by atoms with E-state index in [9.17, 15) is 0 Å². The van der Waals surface area contributed by atoms with Crippen LogP contribution in [0.3, 0.4) is 0 Å². The predicted molar refractivity (Wildman–Crippen MR) is 84.2 cm³/mol. The molecule has 2 heteroatoms. The fraction of sp³-hybridized carbons (Fsp3) is 0.444. The first-order chi connectivity index (χ1) is 9.51. The minimum absolute atomic E-state index is 0.303. The molecule has 0 spiro atoms. The summed E-state index contributed by atoms with van der Waals surface area (Å²) in [5.74, 6) is 2.58. The Balaban J connectivity index is 2.16. The SMILES string of the molecule is CNC(Cc1ccc(C(C)C)cc1)c1cc(C)oc1C. The summed E-state index contributed by atoms with van der Waals surface area (Å²) in [5, 5.41) is 3.40. The quantitative estimate of drug-likeness (QED) is 0.864. The Bertz CT molecular complexity index is 551. The first-order valence-electron chi connectivity index (χ1n) is 7.34. The summed E-state index contributed by atoms with van der Waals surface area (Å²) >= 11 is 0. The summed E-state index contributed by atoms with van der Waals surface area (Å²) < 4.78 is 5.65. The van der Waals surface area contributed by atoms with E-state index in [4.69, 9.17) is 4.42 Å². The summed E-state index contributed by atoms with van der Waals surface area (Å²) in [6.45, 7) is 8.49. The number of furan rings is 1. The summed E-state index contributed by atoms with van der Waals surface area (Å²) in [7, 11) is 2.01. The van der Waals surface area contributed by atoms with Crippen LogP contribution in [0.4, 0.5) is 0 Å². The van der Waals surface area contributed by atoms with E-state index in [1.807, 2.05) is 20.9 Å². The van der Waals surface area contributed by atoms with Crippen molar-refractivity contribution >= 4 is 0 Å². The Labute approximate surface area is 122 Å². The summed E-state index contributed by atoms with van der Waals surface area (Å²) in [5.41, 5.74) is 4.01. The molecule has 0 saturated heterocycles. The number of rotatable bonds is 5. The normalized spacial score (nSPS) is 12.9. The van der Waals surface area contributed by atoms with Crippen molar-refractivity contribution in [2.45, 2.75) is 46.1 Å². The molecule has 0 aliphatic carbocycles. The maximum Gasteiger partial charge on any atom is 0.105 e. The average Bonchev–Trinajstić information content (AvgIpc) is 2.75. The summed E-state index contributed by atoms with van der Waals surface area (Å²) in [6, 6.07) is 11.4. The number of likely N-dealkylation sites (N-methyl/N-ethyl adjacent to an activating group) is 1. The van der Waals surface area contributed by atoms with Crippen molar-refractivity contribution in [3.63, 3.8) is 0 Å². The minimum Gasteiger partial charge on any atom is -0.466 e. The number of hydrogen-bond acceptors (Lipinski definition) is 2. The molecule has 1 aromatic heterocycles. The highest BCUT2D eigenvalue weighted by atomic mass is 16.3. The van der Waals surface area contributed by atoms with Gasteiger partial charge < -0.3 is 9.73 Å². The lowest BCUT2D eigenvalue weighted by molar-refractivity contribution is 0.490. The molecule has 1 atom stereocenters. The molecule has 1 aromatic carbocycles. The Hall–Kier alpha value is -1.54. The Morgan fingerprint density at radius 2 is 1.75 bits per heavy atom. The maximum atomic E-state index is 5.65. The van der Waals surface area contributed by atoms with Crippen molar-refractivity contribution in [1.29, 1.82) is 0 Å². The van der Waals surface area contributed by atoms with Crippen LogP contribution in [0.25, 0.3) is 0 Å². The predicted octanol–water partition coefficient (Wildman–Crippen LogP) is 4.52. The van der Waals surface area contributed by atoms with Crippen LogP contribution in [0.1, 0.15) is 54.0 Å². The van der Waals surface area contributed by atoms with Crippen LogP contribution in [-0.2, 0) is 6.42 Å². The lowest BCUT2D eigenvalue weighted by atomic mass is 9.96. The molecule has 1 N–H and O–H groups in total. The van der Waals surface area contributed by atoms with Crippen LogP contribution in [0.2, 0.25) is 0 Å². The molecule has 0 radical (unpaired) electrons. The molecule has 2 nitrogen and oxygen atoms in total. The Kier molecular flexibility index (Phi) is 4.66. The molecule has 0 amide bonds. The van der Waals surface area contributed by atoms with Crippen LogP contribution in [-0.4, -0.2) is 7.05 Å². The highest BCUT2D eigenvalue weighted by Crippen LogP contribution is 2.25.